The summed E-state index contributed by atoms with van der Waals surface area (Å²) in [4.78, 5) is 23.3. The summed E-state index contributed by atoms with van der Waals surface area (Å²) in [7, 11) is 0. The summed E-state index contributed by atoms with van der Waals surface area (Å²) in [5.41, 5.74) is 0. The monoisotopic (exact) mass is 347 g/mol. The molecule has 1 aliphatic heterocycles. The first-order valence-corrected chi connectivity index (χ1v) is 7.73. The number of rotatable bonds is 8. The SMILES string of the molecule is CCO[C@@H]1C=C(C(=O)O)O[C@@H]([C@H](O)[C@H](O)CO)[C@@H]1NC(=O)C(C)C. The van der Waals surface area contributed by atoms with Crippen LogP contribution >= 0.6 is 0 Å². The fourth-order valence-electron chi connectivity index (χ4n) is 2.27. The predicted octanol–water partition coefficient (Wildman–Crippen LogP) is -1.39. The number of carboxylic acid groups (broad SMARTS) is 1. The summed E-state index contributed by atoms with van der Waals surface area (Å²) < 4.78 is 10.7. The van der Waals surface area contributed by atoms with Crippen LogP contribution in [-0.4, -0.2) is 76.0 Å². The van der Waals surface area contributed by atoms with Crippen LogP contribution in [0.2, 0.25) is 0 Å². The molecule has 0 unspecified atom stereocenters. The third-order valence-corrected chi connectivity index (χ3v) is 3.61. The number of carboxylic acids is 1. The van der Waals surface area contributed by atoms with Crippen molar-refractivity contribution in [3.05, 3.63) is 11.8 Å². The molecule has 9 nitrogen and oxygen atoms in total. The van der Waals surface area contributed by atoms with E-state index < -0.39 is 48.8 Å². The maximum Gasteiger partial charge on any atom is 0.370 e. The summed E-state index contributed by atoms with van der Waals surface area (Å²) in [5, 5.41) is 40.7. The maximum atomic E-state index is 12.0. The van der Waals surface area contributed by atoms with Crippen LogP contribution in [0.15, 0.2) is 11.8 Å². The highest BCUT2D eigenvalue weighted by molar-refractivity contribution is 5.85. The van der Waals surface area contributed by atoms with Gasteiger partial charge >= 0.3 is 5.97 Å². The Morgan fingerprint density at radius 2 is 2.00 bits per heavy atom. The summed E-state index contributed by atoms with van der Waals surface area (Å²) >= 11 is 0. The topological polar surface area (TPSA) is 146 Å². The molecule has 0 spiro atoms. The van der Waals surface area contributed by atoms with Gasteiger partial charge in [-0.1, -0.05) is 13.8 Å². The normalized spacial score (nSPS) is 26.3. The average molecular weight is 347 g/mol. The number of hydrogen-bond donors (Lipinski definition) is 5. The molecule has 5 atom stereocenters. The first-order valence-electron chi connectivity index (χ1n) is 7.73. The molecule has 0 bridgehead atoms. The highest BCUT2D eigenvalue weighted by atomic mass is 16.5. The first kappa shape index (κ1) is 20.4. The van der Waals surface area contributed by atoms with E-state index in [1.807, 2.05) is 0 Å². The van der Waals surface area contributed by atoms with Gasteiger partial charge in [0, 0.05) is 12.5 Å². The minimum atomic E-state index is -1.63. The number of amides is 1. The lowest BCUT2D eigenvalue weighted by Gasteiger charge is -2.40. The van der Waals surface area contributed by atoms with Crippen molar-refractivity contribution in [1.82, 2.24) is 5.32 Å². The second-order valence-corrected chi connectivity index (χ2v) is 5.77. The van der Waals surface area contributed by atoms with Crippen molar-refractivity contribution in [3.63, 3.8) is 0 Å². The lowest BCUT2D eigenvalue weighted by molar-refractivity contribution is -0.152. The van der Waals surface area contributed by atoms with Crippen molar-refractivity contribution >= 4 is 11.9 Å². The number of aliphatic hydroxyl groups is 3. The van der Waals surface area contributed by atoms with Gasteiger partial charge in [-0.15, -0.1) is 0 Å². The van der Waals surface area contributed by atoms with Crippen LogP contribution in [-0.2, 0) is 19.1 Å². The van der Waals surface area contributed by atoms with Crippen LogP contribution in [0.4, 0.5) is 0 Å². The first-order chi connectivity index (χ1) is 11.2. The van der Waals surface area contributed by atoms with E-state index in [-0.39, 0.29) is 18.4 Å². The highest BCUT2D eigenvalue weighted by Crippen LogP contribution is 2.25. The van der Waals surface area contributed by atoms with E-state index in [9.17, 15) is 19.8 Å². The molecule has 0 aromatic carbocycles. The molecule has 0 radical (unpaired) electrons. The summed E-state index contributed by atoms with van der Waals surface area (Å²) in [6, 6.07) is -0.931. The quantitative estimate of drug-likeness (QED) is 0.361. The minimum absolute atomic E-state index is 0.230. The molecule has 0 saturated heterocycles. The van der Waals surface area contributed by atoms with Crippen molar-refractivity contribution < 1.29 is 39.5 Å². The number of aliphatic carboxylic acids is 1. The molecule has 1 rings (SSSR count). The van der Waals surface area contributed by atoms with Crippen molar-refractivity contribution in [2.45, 2.75) is 51.2 Å². The van der Waals surface area contributed by atoms with Gasteiger partial charge in [0.1, 0.15) is 18.3 Å². The standard InChI is InChI=1S/C15H25NO8/c1-4-23-9-5-10(15(21)22)24-13(12(19)8(18)6-17)11(9)16-14(20)7(2)3/h5,7-9,11-13,17-19H,4,6H2,1-3H3,(H,16,20)(H,21,22)/t8-,9-,11-,12-,13-/m1/s1. The molecule has 0 aromatic rings. The Bertz CT molecular complexity index is 478. The summed E-state index contributed by atoms with van der Waals surface area (Å²) in [5.74, 6) is -2.55. The van der Waals surface area contributed by atoms with E-state index in [4.69, 9.17) is 19.7 Å². The third-order valence-electron chi connectivity index (χ3n) is 3.61. The molecule has 24 heavy (non-hydrogen) atoms. The molecule has 0 fully saturated rings. The lowest BCUT2D eigenvalue weighted by atomic mass is 9.93. The van der Waals surface area contributed by atoms with E-state index >= 15 is 0 Å². The maximum absolute atomic E-state index is 12.0. The highest BCUT2D eigenvalue weighted by Gasteiger charge is 2.44. The number of aliphatic hydroxyl groups excluding tert-OH is 3. The van der Waals surface area contributed by atoms with Gasteiger partial charge in [-0.2, -0.15) is 0 Å². The molecular formula is C15H25NO8. The second kappa shape index (κ2) is 8.97. The largest absolute Gasteiger partial charge is 0.478 e. The minimum Gasteiger partial charge on any atom is -0.478 e. The Labute approximate surface area is 139 Å². The zero-order valence-corrected chi connectivity index (χ0v) is 13.9. The molecular weight excluding hydrogens is 322 g/mol. The molecule has 138 valence electrons. The number of ether oxygens (including phenoxy) is 2. The molecule has 9 heteroatoms. The number of hydrogen-bond acceptors (Lipinski definition) is 7. The molecule has 0 aliphatic carbocycles. The Morgan fingerprint density at radius 1 is 1.38 bits per heavy atom. The van der Waals surface area contributed by atoms with Crippen LogP contribution in [0.5, 0.6) is 0 Å². The lowest BCUT2D eigenvalue weighted by Crippen LogP contribution is -2.61. The van der Waals surface area contributed by atoms with E-state index in [0.717, 1.165) is 0 Å². The van der Waals surface area contributed by atoms with Crippen molar-refractivity contribution in [3.8, 4) is 0 Å². The Morgan fingerprint density at radius 3 is 2.46 bits per heavy atom. The Kier molecular flexibility index (Phi) is 7.61. The molecule has 0 aromatic heterocycles. The number of carbonyl (C=O) groups excluding carboxylic acids is 1. The fraction of sp³-hybridized carbons (Fsp3) is 0.733. The van der Waals surface area contributed by atoms with Crippen LogP contribution in [0.25, 0.3) is 0 Å². The van der Waals surface area contributed by atoms with Gasteiger partial charge in [-0.05, 0) is 13.0 Å². The van der Waals surface area contributed by atoms with Gasteiger partial charge in [0.05, 0.1) is 12.6 Å². The van der Waals surface area contributed by atoms with E-state index in [1.54, 1.807) is 20.8 Å². The van der Waals surface area contributed by atoms with Gasteiger partial charge in [0.2, 0.25) is 11.7 Å². The van der Waals surface area contributed by atoms with Gasteiger partial charge < -0.3 is 35.2 Å². The van der Waals surface area contributed by atoms with Crippen molar-refractivity contribution in [2.24, 2.45) is 5.92 Å². The molecule has 0 saturated carbocycles. The average Bonchev–Trinajstić information content (AvgIpc) is 2.54. The Hall–Kier alpha value is -1.68. The van der Waals surface area contributed by atoms with Gasteiger partial charge in [0.15, 0.2) is 6.10 Å². The fourth-order valence-corrected chi connectivity index (χ4v) is 2.27. The second-order valence-electron chi connectivity index (χ2n) is 5.77. The number of nitrogens with one attached hydrogen (secondary N) is 1. The van der Waals surface area contributed by atoms with Crippen LogP contribution in [0, 0.1) is 5.92 Å². The van der Waals surface area contributed by atoms with E-state index in [2.05, 4.69) is 5.32 Å². The van der Waals surface area contributed by atoms with Crippen LogP contribution in [0.1, 0.15) is 20.8 Å². The van der Waals surface area contributed by atoms with Crippen LogP contribution < -0.4 is 5.32 Å². The van der Waals surface area contributed by atoms with Gasteiger partial charge in [-0.3, -0.25) is 4.79 Å². The van der Waals surface area contributed by atoms with Gasteiger partial charge in [-0.25, -0.2) is 4.79 Å². The summed E-state index contributed by atoms with van der Waals surface area (Å²) in [6.07, 6.45) is -4.17. The predicted molar refractivity (Wildman–Crippen MR) is 81.9 cm³/mol. The number of carbonyl (C=O) groups is 2. The molecule has 1 aliphatic rings. The smallest absolute Gasteiger partial charge is 0.370 e. The van der Waals surface area contributed by atoms with Gasteiger partial charge in [0.25, 0.3) is 0 Å². The third kappa shape index (κ3) is 4.91. The van der Waals surface area contributed by atoms with Crippen LogP contribution in [0.3, 0.4) is 0 Å². The van der Waals surface area contributed by atoms with E-state index in [1.165, 1.54) is 6.08 Å². The molecule has 1 heterocycles. The summed E-state index contributed by atoms with van der Waals surface area (Å²) in [6.45, 7) is 4.51. The zero-order valence-electron chi connectivity index (χ0n) is 13.9. The molecule has 5 N–H and O–H groups in total. The van der Waals surface area contributed by atoms with Crippen molar-refractivity contribution in [1.29, 1.82) is 0 Å². The van der Waals surface area contributed by atoms with E-state index in [0.29, 0.717) is 0 Å². The molecule has 1 amide bonds. The Balaban J connectivity index is 3.19. The van der Waals surface area contributed by atoms with Crippen molar-refractivity contribution in [2.75, 3.05) is 13.2 Å². The zero-order chi connectivity index (χ0) is 18.4.